The molecule has 0 unspecified atom stereocenters. The summed E-state index contributed by atoms with van der Waals surface area (Å²) in [6.07, 6.45) is 0. The minimum atomic E-state index is -0.392. The number of nitrogens with two attached hydrogens (primary N) is 1. The minimum absolute atomic E-state index is 0.00847. The van der Waals surface area contributed by atoms with Gasteiger partial charge in [-0.3, -0.25) is 4.79 Å². The van der Waals surface area contributed by atoms with Crippen LogP contribution in [0.5, 0.6) is 11.5 Å². The Morgan fingerprint density at radius 1 is 1.46 bits per heavy atom. The molecule has 2 heterocycles. The molecule has 1 aromatic carbocycles. The van der Waals surface area contributed by atoms with E-state index < -0.39 is 5.91 Å². The fourth-order valence-corrected chi connectivity index (χ4v) is 4.34. The van der Waals surface area contributed by atoms with Gasteiger partial charge in [0.2, 0.25) is 5.95 Å². The molecule has 0 saturated carbocycles. The number of thiophene rings is 1. The van der Waals surface area contributed by atoms with E-state index in [9.17, 15) is 9.90 Å². The largest absolute Gasteiger partial charge is 0.505 e. The zero-order valence-corrected chi connectivity index (χ0v) is 16.9. The number of nitrogens with one attached hydrogen (secondary N) is 1. The Kier molecular flexibility index (Phi) is 5.22. The number of carbonyl (C=O) groups is 1. The lowest BCUT2D eigenvalue weighted by atomic mass is 10.1. The van der Waals surface area contributed by atoms with Crippen LogP contribution in [-0.2, 0) is 0 Å². The number of methoxy groups -OCH3 is 1. The monoisotopic (exact) mass is 456 g/mol. The second-order valence-electron chi connectivity index (χ2n) is 5.22. The van der Waals surface area contributed by atoms with E-state index in [1.165, 1.54) is 7.11 Å². The van der Waals surface area contributed by atoms with E-state index in [4.69, 9.17) is 22.1 Å². The molecule has 3 aromatic rings. The number of rotatable bonds is 4. The summed E-state index contributed by atoms with van der Waals surface area (Å²) in [5.74, 6) is -0.0524. The van der Waals surface area contributed by atoms with E-state index in [1.54, 1.807) is 19.1 Å². The topological polar surface area (TPSA) is 110 Å². The smallest absolute Gasteiger partial charge is 0.265 e. The van der Waals surface area contributed by atoms with Crippen LogP contribution in [-0.4, -0.2) is 34.6 Å². The molecule has 7 nitrogen and oxygen atoms in total. The highest BCUT2D eigenvalue weighted by Crippen LogP contribution is 2.44. The Hall–Kier alpha value is -2.10. The highest BCUT2D eigenvalue weighted by atomic mass is 79.9. The number of benzene rings is 1. The van der Waals surface area contributed by atoms with Crippen LogP contribution in [0.15, 0.2) is 16.6 Å². The molecule has 3 rings (SSSR count). The third kappa shape index (κ3) is 3.17. The molecule has 0 bridgehead atoms. The first-order valence-electron chi connectivity index (χ1n) is 7.47. The van der Waals surface area contributed by atoms with Gasteiger partial charge in [0.1, 0.15) is 15.5 Å². The van der Waals surface area contributed by atoms with Crippen molar-refractivity contribution in [1.29, 1.82) is 0 Å². The number of amides is 1. The van der Waals surface area contributed by atoms with Gasteiger partial charge in [0, 0.05) is 12.1 Å². The van der Waals surface area contributed by atoms with Gasteiger partial charge >= 0.3 is 0 Å². The normalized spacial score (nSPS) is 10.9. The van der Waals surface area contributed by atoms with Crippen LogP contribution >= 0.6 is 38.9 Å². The summed E-state index contributed by atoms with van der Waals surface area (Å²) >= 11 is 10.8. The Balaban J connectivity index is 2.32. The second kappa shape index (κ2) is 7.26. The van der Waals surface area contributed by atoms with E-state index >= 15 is 0 Å². The van der Waals surface area contributed by atoms with Crippen LogP contribution in [0.25, 0.3) is 21.5 Å². The molecule has 136 valence electrons. The summed E-state index contributed by atoms with van der Waals surface area (Å²) in [7, 11) is 1.52. The highest BCUT2D eigenvalue weighted by molar-refractivity contribution is 9.10. The molecule has 0 radical (unpaired) electrons. The number of carbonyl (C=O) groups excluding carboxylic acids is 1. The van der Waals surface area contributed by atoms with Gasteiger partial charge in [-0.2, -0.15) is 0 Å². The molecule has 0 spiro atoms. The predicted molar refractivity (Wildman–Crippen MR) is 106 cm³/mol. The standard InChI is InChI=1S/C16H14BrClN4O3S/c1-3-20-14(24)13-12(23)10-11(21-16(19)22-15(10)26-13)6-4-9(25-2)7(17)5-8(6)18/h4-5,23H,3H2,1-2H3,(H,20,24)(H2,19,21,22). The molecule has 2 aromatic heterocycles. The van der Waals surface area contributed by atoms with E-state index in [0.29, 0.717) is 43.3 Å². The van der Waals surface area contributed by atoms with Gasteiger partial charge in [-0.1, -0.05) is 11.6 Å². The lowest BCUT2D eigenvalue weighted by Gasteiger charge is -2.10. The maximum atomic E-state index is 12.2. The second-order valence-corrected chi connectivity index (χ2v) is 7.48. The number of aromatic nitrogens is 2. The summed E-state index contributed by atoms with van der Waals surface area (Å²) in [4.78, 5) is 21.1. The Bertz CT molecular complexity index is 1020. The maximum absolute atomic E-state index is 12.2. The van der Waals surface area contributed by atoms with Crippen molar-refractivity contribution in [2.24, 2.45) is 0 Å². The first kappa shape index (κ1) is 18.7. The first-order valence-corrected chi connectivity index (χ1v) is 9.46. The molecule has 10 heteroatoms. The van der Waals surface area contributed by atoms with Crippen LogP contribution in [0.1, 0.15) is 16.6 Å². The third-order valence-electron chi connectivity index (χ3n) is 3.58. The maximum Gasteiger partial charge on any atom is 0.265 e. The first-order chi connectivity index (χ1) is 12.4. The lowest BCUT2D eigenvalue weighted by molar-refractivity contribution is 0.0957. The van der Waals surface area contributed by atoms with Crippen molar-refractivity contribution in [1.82, 2.24) is 15.3 Å². The summed E-state index contributed by atoms with van der Waals surface area (Å²) in [6.45, 7) is 2.22. The molecule has 26 heavy (non-hydrogen) atoms. The molecule has 0 saturated heterocycles. The van der Waals surface area contributed by atoms with E-state index in [1.807, 2.05) is 0 Å². The van der Waals surface area contributed by atoms with Crippen molar-refractivity contribution in [3.8, 4) is 22.8 Å². The molecule has 0 aliphatic carbocycles. The molecule has 0 aliphatic rings. The van der Waals surface area contributed by atoms with Crippen LogP contribution in [0.3, 0.4) is 0 Å². The SMILES string of the molecule is CCNC(=O)c1sc2nc(N)nc(-c3cc(OC)c(Br)cc3Cl)c2c1O. The van der Waals surface area contributed by atoms with Gasteiger partial charge in [0.25, 0.3) is 5.91 Å². The van der Waals surface area contributed by atoms with Gasteiger partial charge in [-0.05, 0) is 35.0 Å². The zero-order valence-electron chi connectivity index (χ0n) is 13.8. The molecule has 0 atom stereocenters. The van der Waals surface area contributed by atoms with Crippen molar-refractivity contribution in [3.05, 3.63) is 26.5 Å². The van der Waals surface area contributed by atoms with Crippen molar-refractivity contribution in [3.63, 3.8) is 0 Å². The Labute approximate surface area is 166 Å². The van der Waals surface area contributed by atoms with Gasteiger partial charge in [-0.15, -0.1) is 11.3 Å². The molecule has 0 aliphatic heterocycles. The number of nitrogen functional groups attached to an aromatic ring is 1. The van der Waals surface area contributed by atoms with Crippen LogP contribution in [0.2, 0.25) is 5.02 Å². The van der Waals surface area contributed by atoms with Crippen molar-refractivity contribution < 1.29 is 14.6 Å². The van der Waals surface area contributed by atoms with Gasteiger partial charge in [0.05, 0.1) is 27.7 Å². The fourth-order valence-electron chi connectivity index (χ4n) is 2.46. The predicted octanol–water partition coefficient (Wildman–Crippen LogP) is 3.82. The van der Waals surface area contributed by atoms with Crippen molar-refractivity contribution >= 4 is 60.9 Å². The number of ether oxygens (including phenoxy) is 1. The van der Waals surface area contributed by atoms with Crippen molar-refractivity contribution in [2.45, 2.75) is 6.92 Å². The number of nitrogens with zero attached hydrogens (tertiary/aromatic N) is 2. The summed E-state index contributed by atoms with van der Waals surface area (Å²) in [5.41, 5.74) is 6.65. The number of hydrogen-bond donors (Lipinski definition) is 3. The van der Waals surface area contributed by atoms with E-state index in [-0.39, 0.29) is 16.6 Å². The molecular formula is C16H14BrClN4O3S. The van der Waals surface area contributed by atoms with Crippen molar-refractivity contribution in [2.75, 3.05) is 19.4 Å². The number of fused-ring (bicyclic) bond motifs is 1. The Morgan fingerprint density at radius 2 is 2.19 bits per heavy atom. The van der Waals surface area contributed by atoms with Gasteiger partial charge in [-0.25, -0.2) is 9.97 Å². The number of anilines is 1. The molecular weight excluding hydrogens is 444 g/mol. The number of hydrogen-bond acceptors (Lipinski definition) is 7. The lowest BCUT2D eigenvalue weighted by Crippen LogP contribution is -2.21. The van der Waals surface area contributed by atoms with Crippen LogP contribution in [0, 0.1) is 0 Å². The molecule has 1 amide bonds. The minimum Gasteiger partial charge on any atom is -0.505 e. The fraction of sp³-hybridized carbons (Fsp3) is 0.188. The van der Waals surface area contributed by atoms with Crippen LogP contribution < -0.4 is 15.8 Å². The molecule has 4 N–H and O–H groups in total. The molecule has 0 fully saturated rings. The van der Waals surface area contributed by atoms with Crippen LogP contribution in [0.4, 0.5) is 5.95 Å². The average Bonchev–Trinajstić information content (AvgIpc) is 2.91. The number of aromatic hydroxyl groups is 1. The zero-order chi connectivity index (χ0) is 19.0. The van der Waals surface area contributed by atoms with Gasteiger partial charge in [0.15, 0.2) is 5.75 Å². The quantitative estimate of drug-likeness (QED) is 0.549. The Morgan fingerprint density at radius 3 is 2.85 bits per heavy atom. The summed E-state index contributed by atoms with van der Waals surface area (Å²) < 4.78 is 5.98. The average molecular weight is 458 g/mol. The van der Waals surface area contributed by atoms with Gasteiger partial charge < -0.3 is 20.9 Å². The summed E-state index contributed by atoms with van der Waals surface area (Å²) in [5, 5.41) is 14.0. The van der Waals surface area contributed by atoms with E-state index in [2.05, 4.69) is 31.2 Å². The summed E-state index contributed by atoms with van der Waals surface area (Å²) in [6, 6.07) is 3.34. The van der Waals surface area contributed by atoms with E-state index in [0.717, 1.165) is 11.3 Å². The number of halogens is 2. The third-order valence-corrected chi connectivity index (χ3v) is 5.59. The highest BCUT2D eigenvalue weighted by Gasteiger charge is 2.24.